The minimum absolute atomic E-state index is 0.835. The average Bonchev–Trinajstić information content (AvgIpc) is 2.93. The molecule has 0 atom stereocenters. The number of nitrogens with two attached hydrogens (primary N) is 1. The van der Waals surface area contributed by atoms with Crippen LogP contribution in [0, 0.1) is 0 Å². The maximum atomic E-state index is 5.86. The Morgan fingerprint density at radius 1 is 1.24 bits per heavy atom. The van der Waals surface area contributed by atoms with Gasteiger partial charge in [0.05, 0.1) is 13.2 Å². The summed E-state index contributed by atoms with van der Waals surface area (Å²) in [6, 6.07) is 6.06. The summed E-state index contributed by atoms with van der Waals surface area (Å²) in [7, 11) is 0. The molecule has 1 aliphatic rings. The van der Waals surface area contributed by atoms with Crippen molar-refractivity contribution < 1.29 is 4.74 Å². The lowest BCUT2D eigenvalue weighted by molar-refractivity contribution is 0.0375. The first kappa shape index (κ1) is 15.9. The predicted molar refractivity (Wildman–Crippen MR) is 89.6 cm³/mol. The van der Waals surface area contributed by atoms with E-state index in [1.807, 2.05) is 19.9 Å². The second kappa shape index (κ2) is 8.05. The number of aromatic amines is 1. The topological polar surface area (TPSA) is 54.3 Å². The summed E-state index contributed by atoms with van der Waals surface area (Å²) in [5, 5.41) is 1.27. The van der Waals surface area contributed by atoms with Crippen molar-refractivity contribution in [3.8, 4) is 0 Å². The molecule has 0 spiro atoms. The summed E-state index contributed by atoms with van der Waals surface area (Å²) >= 11 is 0. The number of aromatic nitrogens is 1. The van der Waals surface area contributed by atoms with Gasteiger partial charge < -0.3 is 15.5 Å². The van der Waals surface area contributed by atoms with E-state index in [0.29, 0.717) is 0 Å². The third-order valence-corrected chi connectivity index (χ3v) is 3.82. The van der Waals surface area contributed by atoms with E-state index in [1.54, 1.807) is 0 Å². The Kier molecular flexibility index (Phi) is 6.08. The second-order valence-corrected chi connectivity index (χ2v) is 5.18. The Bertz CT molecular complexity index is 544. The van der Waals surface area contributed by atoms with Gasteiger partial charge in [0, 0.05) is 35.9 Å². The highest BCUT2D eigenvalue weighted by molar-refractivity contribution is 5.86. The Labute approximate surface area is 127 Å². The fourth-order valence-electron chi connectivity index (χ4n) is 2.72. The average molecular weight is 289 g/mol. The summed E-state index contributed by atoms with van der Waals surface area (Å²) in [6.07, 6.45) is 4.39. The first-order valence-electron chi connectivity index (χ1n) is 7.98. The number of aryl methyl sites for hydroxylation is 1. The van der Waals surface area contributed by atoms with Gasteiger partial charge in [-0.1, -0.05) is 13.8 Å². The Morgan fingerprint density at radius 2 is 2.00 bits per heavy atom. The number of nitrogen functional groups attached to an aromatic ring is 1. The number of anilines is 1. The molecular weight excluding hydrogens is 262 g/mol. The summed E-state index contributed by atoms with van der Waals surface area (Å²) in [5.74, 6) is 0. The number of nitrogens with one attached hydrogen (secondary N) is 1. The van der Waals surface area contributed by atoms with Crippen LogP contribution in [0.2, 0.25) is 0 Å². The van der Waals surface area contributed by atoms with E-state index in [4.69, 9.17) is 10.5 Å². The summed E-state index contributed by atoms with van der Waals surface area (Å²) in [6.45, 7) is 9.05. The lowest BCUT2D eigenvalue weighted by Gasteiger charge is -2.26. The Hall–Kier alpha value is -1.52. The number of nitrogens with zero attached hydrogens (tertiary/aromatic N) is 1. The third-order valence-electron chi connectivity index (χ3n) is 3.82. The number of H-pyrrole nitrogens is 1. The van der Waals surface area contributed by atoms with Crippen molar-refractivity contribution in [2.75, 3.05) is 38.6 Å². The summed E-state index contributed by atoms with van der Waals surface area (Å²) < 4.78 is 5.36. The van der Waals surface area contributed by atoms with E-state index in [-0.39, 0.29) is 0 Å². The Morgan fingerprint density at radius 3 is 2.76 bits per heavy atom. The van der Waals surface area contributed by atoms with Gasteiger partial charge in [-0.3, -0.25) is 4.90 Å². The largest absolute Gasteiger partial charge is 0.399 e. The number of hydrogen-bond acceptors (Lipinski definition) is 3. The van der Waals surface area contributed by atoms with E-state index >= 15 is 0 Å². The van der Waals surface area contributed by atoms with Crippen molar-refractivity contribution in [3.05, 3.63) is 30.0 Å². The van der Waals surface area contributed by atoms with Crippen molar-refractivity contribution in [1.29, 1.82) is 0 Å². The normalized spacial score (nSPS) is 15.7. The highest BCUT2D eigenvalue weighted by atomic mass is 16.5. The van der Waals surface area contributed by atoms with E-state index in [1.165, 1.54) is 22.9 Å². The van der Waals surface area contributed by atoms with Crippen LogP contribution in [-0.2, 0) is 11.2 Å². The van der Waals surface area contributed by atoms with Gasteiger partial charge in [-0.15, -0.1) is 0 Å². The van der Waals surface area contributed by atoms with Crippen LogP contribution >= 0.6 is 0 Å². The zero-order valence-corrected chi connectivity index (χ0v) is 13.2. The van der Waals surface area contributed by atoms with Gasteiger partial charge >= 0.3 is 0 Å². The lowest BCUT2D eigenvalue weighted by Crippen LogP contribution is -2.36. The van der Waals surface area contributed by atoms with Gasteiger partial charge in [-0.25, -0.2) is 0 Å². The molecule has 116 valence electrons. The molecule has 1 aromatic carbocycles. The third kappa shape index (κ3) is 4.22. The Balaban J connectivity index is 0.000000774. The quantitative estimate of drug-likeness (QED) is 0.851. The number of ether oxygens (including phenoxy) is 1. The van der Waals surface area contributed by atoms with Crippen LogP contribution in [0.4, 0.5) is 5.69 Å². The van der Waals surface area contributed by atoms with Gasteiger partial charge in [0.25, 0.3) is 0 Å². The van der Waals surface area contributed by atoms with Crippen LogP contribution in [0.1, 0.15) is 25.8 Å². The molecule has 3 rings (SSSR count). The maximum Gasteiger partial charge on any atom is 0.0594 e. The molecule has 21 heavy (non-hydrogen) atoms. The first-order chi connectivity index (χ1) is 10.3. The molecule has 4 nitrogen and oxygen atoms in total. The van der Waals surface area contributed by atoms with Crippen LogP contribution in [-0.4, -0.2) is 42.7 Å². The molecular formula is C17H27N3O. The SMILES string of the molecule is CC.Nc1ccc2[nH]cc(CCCN3CCOCC3)c2c1. The molecule has 2 aromatic rings. The molecule has 0 amide bonds. The number of rotatable bonds is 4. The van der Waals surface area contributed by atoms with Gasteiger partial charge in [-0.2, -0.15) is 0 Å². The summed E-state index contributed by atoms with van der Waals surface area (Å²) in [5.41, 5.74) is 9.24. The standard InChI is InChI=1S/C15H21N3O.C2H6/c16-13-3-4-15-14(10-13)12(11-17-15)2-1-5-18-6-8-19-9-7-18;1-2/h3-4,10-11,17H,1-2,5-9,16H2;1-2H3. The molecule has 3 N–H and O–H groups in total. The fourth-order valence-corrected chi connectivity index (χ4v) is 2.72. The molecule has 0 bridgehead atoms. The van der Waals surface area contributed by atoms with Crippen molar-refractivity contribution in [3.63, 3.8) is 0 Å². The van der Waals surface area contributed by atoms with Crippen LogP contribution in [0.3, 0.4) is 0 Å². The van der Waals surface area contributed by atoms with E-state index in [9.17, 15) is 0 Å². The number of benzene rings is 1. The zero-order valence-electron chi connectivity index (χ0n) is 13.2. The molecule has 4 heteroatoms. The van der Waals surface area contributed by atoms with Crippen LogP contribution < -0.4 is 5.73 Å². The molecule has 1 aromatic heterocycles. The molecule has 0 unspecified atom stereocenters. The van der Waals surface area contributed by atoms with Crippen molar-refractivity contribution in [2.24, 2.45) is 0 Å². The minimum atomic E-state index is 0.835. The van der Waals surface area contributed by atoms with Crippen LogP contribution in [0.5, 0.6) is 0 Å². The highest BCUT2D eigenvalue weighted by Gasteiger charge is 2.10. The van der Waals surface area contributed by atoms with E-state index in [2.05, 4.69) is 28.2 Å². The lowest BCUT2D eigenvalue weighted by atomic mass is 10.1. The number of fused-ring (bicyclic) bond motifs is 1. The highest BCUT2D eigenvalue weighted by Crippen LogP contribution is 2.22. The second-order valence-electron chi connectivity index (χ2n) is 5.18. The molecule has 1 aliphatic heterocycles. The zero-order chi connectivity index (χ0) is 15.1. The van der Waals surface area contributed by atoms with Gasteiger partial charge in [0.15, 0.2) is 0 Å². The minimum Gasteiger partial charge on any atom is -0.399 e. The predicted octanol–water partition coefficient (Wildman–Crippen LogP) is 3.04. The van der Waals surface area contributed by atoms with Gasteiger partial charge in [-0.05, 0) is 43.1 Å². The molecule has 0 aliphatic carbocycles. The van der Waals surface area contributed by atoms with Crippen molar-refractivity contribution in [1.82, 2.24) is 9.88 Å². The monoisotopic (exact) mass is 289 g/mol. The summed E-state index contributed by atoms with van der Waals surface area (Å²) in [4.78, 5) is 5.79. The van der Waals surface area contributed by atoms with Crippen molar-refractivity contribution >= 4 is 16.6 Å². The van der Waals surface area contributed by atoms with E-state index in [0.717, 1.165) is 45.0 Å². The number of morpholine rings is 1. The first-order valence-corrected chi connectivity index (χ1v) is 7.98. The fraction of sp³-hybridized carbons (Fsp3) is 0.529. The van der Waals surface area contributed by atoms with E-state index < -0.39 is 0 Å². The van der Waals surface area contributed by atoms with Crippen LogP contribution in [0.15, 0.2) is 24.4 Å². The smallest absolute Gasteiger partial charge is 0.0594 e. The molecule has 2 heterocycles. The van der Waals surface area contributed by atoms with Gasteiger partial charge in [0.2, 0.25) is 0 Å². The molecule has 0 saturated carbocycles. The molecule has 1 fully saturated rings. The maximum absolute atomic E-state index is 5.86. The van der Waals surface area contributed by atoms with Crippen LogP contribution in [0.25, 0.3) is 10.9 Å². The van der Waals surface area contributed by atoms with Crippen molar-refractivity contribution in [2.45, 2.75) is 26.7 Å². The van der Waals surface area contributed by atoms with Gasteiger partial charge in [0.1, 0.15) is 0 Å². The molecule has 1 saturated heterocycles. The number of hydrogen-bond donors (Lipinski definition) is 2. The molecule has 0 radical (unpaired) electrons.